The Kier molecular flexibility index (Phi) is 3.01. The van der Waals surface area contributed by atoms with Crippen LogP contribution >= 0.6 is 0 Å². The maximum Gasteiger partial charge on any atom is 0.256 e. The van der Waals surface area contributed by atoms with Crippen molar-refractivity contribution in [2.24, 2.45) is 0 Å². The Hall–Kier alpha value is -1.29. The molecule has 1 aliphatic heterocycles. The number of carbonyl (C=O) groups excluding carboxylic acids is 1. The first-order chi connectivity index (χ1) is 7.61. The quantitative estimate of drug-likeness (QED) is 0.781. The van der Waals surface area contributed by atoms with Gasteiger partial charge in [0.05, 0.1) is 18.8 Å². The molecule has 0 bridgehead atoms. The van der Waals surface area contributed by atoms with E-state index in [1.807, 2.05) is 25.7 Å². The molecule has 1 aromatic heterocycles. The Morgan fingerprint density at radius 1 is 1.19 bits per heavy atom. The Morgan fingerprint density at radius 3 is 2.31 bits per heavy atom. The van der Waals surface area contributed by atoms with Gasteiger partial charge in [0, 0.05) is 24.5 Å². The summed E-state index contributed by atoms with van der Waals surface area (Å²) in [7, 11) is 0. The van der Waals surface area contributed by atoms with Gasteiger partial charge in [0.25, 0.3) is 5.91 Å². The maximum atomic E-state index is 12.3. The standard InChI is InChI=1S/C12H18N2O2/c1-8-9(2)13-10(3)11(8)12(15)14-4-6-16-7-5-14/h13H,4-7H2,1-3H3. The molecular formula is C12H18N2O2. The van der Waals surface area contributed by atoms with Gasteiger partial charge in [-0.25, -0.2) is 0 Å². The molecule has 1 aromatic rings. The first-order valence-electron chi connectivity index (χ1n) is 5.64. The number of H-pyrrole nitrogens is 1. The summed E-state index contributed by atoms with van der Waals surface area (Å²) >= 11 is 0. The van der Waals surface area contributed by atoms with Gasteiger partial charge in [0.1, 0.15) is 0 Å². The molecule has 0 saturated carbocycles. The van der Waals surface area contributed by atoms with Crippen LogP contribution < -0.4 is 0 Å². The summed E-state index contributed by atoms with van der Waals surface area (Å²) in [5.41, 5.74) is 3.94. The topological polar surface area (TPSA) is 45.3 Å². The molecule has 0 aromatic carbocycles. The van der Waals surface area contributed by atoms with Crippen molar-refractivity contribution >= 4 is 5.91 Å². The molecule has 0 spiro atoms. The smallest absolute Gasteiger partial charge is 0.256 e. The first-order valence-corrected chi connectivity index (χ1v) is 5.64. The minimum atomic E-state index is 0.127. The fourth-order valence-corrected chi connectivity index (χ4v) is 2.15. The number of hydrogen-bond donors (Lipinski definition) is 1. The molecule has 0 unspecified atom stereocenters. The van der Waals surface area contributed by atoms with Gasteiger partial charge in [-0.2, -0.15) is 0 Å². The van der Waals surface area contributed by atoms with Crippen molar-refractivity contribution in [2.75, 3.05) is 26.3 Å². The third-order valence-electron chi connectivity index (χ3n) is 3.20. The summed E-state index contributed by atoms with van der Waals surface area (Å²) in [6.07, 6.45) is 0. The minimum Gasteiger partial charge on any atom is -0.378 e. The van der Waals surface area contributed by atoms with Crippen LogP contribution in [0.1, 0.15) is 27.3 Å². The Bertz CT molecular complexity index is 403. The normalized spacial score (nSPS) is 16.6. The summed E-state index contributed by atoms with van der Waals surface area (Å²) in [6.45, 7) is 8.63. The molecule has 4 heteroatoms. The third-order valence-corrected chi connectivity index (χ3v) is 3.20. The average Bonchev–Trinajstić information content (AvgIpc) is 2.54. The fraction of sp³-hybridized carbons (Fsp3) is 0.583. The molecule has 1 fully saturated rings. The maximum absolute atomic E-state index is 12.3. The predicted octanol–water partition coefficient (Wildman–Crippen LogP) is 1.41. The van der Waals surface area contributed by atoms with E-state index in [0.717, 1.165) is 22.5 Å². The average molecular weight is 222 g/mol. The van der Waals surface area contributed by atoms with Crippen molar-refractivity contribution in [3.63, 3.8) is 0 Å². The Labute approximate surface area is 95.6 Å². The van der Waals surface area contributed by atoms with Gasteiger partial charge in [-0.15, -0.1) is 0 Å². The number of aromatic nitrogens is 1. The summed E-state index contributed by atoms with van der Waals surface area (Å²) in [5, 5.41) is 0. The van der Waals surface area contributed by atoms with Crippen LogP contribution in [0.15, 0.2) is 0 Å². The van der Waals surface area contributed by atoms with Crippen LogP contribution in [0.25, 0.3) is 0 Å². The van der Waals surface area contributed by atoms with Crippen LogP contribution in [0.3, 0.4) is 0 Å². The zero-order valence-electron chi connectivity index (χ0n) is 10.1. The summed E-state index contributed by atoms with van der Waals surface area (Å²) < 4.78 is 5.25. The minimum absolute atomic E-state index is 0.127. The van der Waals surface area contributed by atoms with Gasteiger partial charge >= 0.3 is 0 Å². The van der Waals surface area contributed by atoms with Gasteiger partial charge in [0.15, 0.2) is 0 Å². The fourth-order valence-electron chi connectivity index (χ4n) is 2.15. The monoisotopic (exact) mass is 222 g/mol. The van der Waals surface area contributed by atoms with Crippen molar-refractivity contribution in [3.05, 3.63) is 22.5 Å². The molecule has 2 heterocycles. The van der Waals surface area contributed by atoms with Gasteiger partial charge < -0.3 is 14.6 Å². The molecule has 0 aliphatic carbocycles. The molecule has 1 aliphatic rings. The molecule has 1 saturated heterocycles. The molecule has 88 valence electrons. The number of rotatable bonds is 1. The highest BCUT2D eigenvalue weighted by Gasteiger charge is 2.23. The highest BCUT2D eigenvalue weighted by atomic mass is 16.5. The van der Waals surface area contributed by atoms with E-state index in [1.54, 1.807) is 0 Å². The molecule has 2 rings (SSSR count). The second-order valence-corrected chi connectivity index (χ2v) is 4.28. The van der Waals surface area contributed by atoms with Crippen LogP contribution in [0, 0.1) is 20.8 Å². The van der Waals surface area contributed by atoms with Crippen molar-refractivity contribution in [1.82, 2.24) is 9.88 Å². The van der Waals surface area contributed by atoms with Gasteiger partial charge in [-0.3, -0.25) is 4.79 Å². The van der Waals surface area contributed by atoms with Crippen molar-refractivity contribution in [2.45, 2.75) is 20.8 Å². The number of nitrogens with zero attached hydrogens (tertiary/aromatic N) is 1. The highest BCUT2D eigenvalue weighted by Crippen LogP contribution is 2.19. The van der Waals surface area contributed by atoms with Crippen LogP contribution in [0.4, 0.5) is 0 Å². The lowest BCUT2D eigenvalue weighted by Gasteiger charge is -2.27. The van der Waals surface area contributed by atoms with Crippen LogP contribution in [0.2, 0.25) is 0 Å². The zero-order chi connectivity index (χ0) is 11.7. The number of carbonyl (C=O) groups is 1. The van der Waals surface area contributed by atoms with E-state index in [1.165, 1.54) is 0 Å². The van der Waals surface area contributed by atoms with E-state index in [-0.39, 0.29) is 5.91 Å². The predicted molar refractivity (Wildman–Crippen MR) is 61.7 cm³/mol. The summed E-state index contributed by atoms with van der Waals surface area (Å²) in [6, 6.07) is 0. The molecular weight excluding hydrogens is 204 g/mol. The van der Waals surface area contributed by atoms with Gasteiger partial charge in [-0.05, 0) is 26.3 Å². The third kappa shape index (κ3) is 1.85. The second kappa shape index (κ2) is 4.29. The van der Waals surface area contributed by atoms with Crippen LogP contribution in [0.5, 0.6) is 0 Å². The molecule has 0 radical (unpaired) electrons. The number of hydrogen-bond acceptors (Lipinski definition) is 2. The molecule has 1 N–H and O–H groups in total. The van der Waals surface area contributed by atoms with Crippen molar-refractivity contribution in [1.29, 1.82) is 0 Å². The summed E-state index contributed by atoms with van der Waals surface area (Å²) in [4.78, 5) is 17.4. The lowest BCUT2D eigenvalue weighted by molar-refractivity contribution is 0.0302. The van der Waals surface area contributed by atoms with Crippen molar-refractivity contribution < 1.29 is 9.53 Å². The molecule has 16 heavy (non-hydrogen) atoms. The van der Waals surface area contributed by atoms with Gasteiger partial charge in [0.2, 0.25) is 0 Å². The van der Waals surface area contributed by atoms with E-state index < -0.39 is 0 Å². The Morgan fingerprint density at radius 2 is 1.81 bits per heavy atom. The van der Waals surface area contributed by atoms with Crippen LogP contribution in [-0.4, -0.2) is 42.1 Å². The largest absolute Gasteiger partial charge is 0.378 e. The van der Waals surface area contributed by atoms with E-state index >= 15 is 0 Å². The van der Waals surface area contributed by atoms with E-state index in [4.69, 9.17) is 4.74 Å². The van der Waals surface area contributed by atoms with E-state index in [2.05, 4.69) is 4.98 Å². The highest BCUT2D eigenvalue weighted by molar-refractivity contribution is 5.97. The zero-order valence-corrected chi connectivity index (χ0v) is 10.1. The lowest BCUT2D eigenvalue weighted by atomic mass is 10.1. The molecule has 4 nitrogen and oxygen atoms in total. The number of nitrogens with one attached hydrogen (secondary N) is 1. The lowest BCUT2D eigenvalue weighted by Crippen LogP contribution is -2.41. The molecule has 1 amide bonds. The van der Waals surface area contributed by atoms with Crippen LogP contribution in [-0.2, 0) is 4.74 Å². The SMILES string of the molecule is Cc1[nH]c(C)c(C(=O)N2CCOCC2)c1C. The number of aryl methyl sites for hydroxylation is 2. The number of morpholine rings is 1. The first kappa shape index (κ1) is 11.2. The number of amides is 1. The van der Waals surface area contributed by atoms with E-state index in [0.29, 0.717) is 26.3 Å². The second-order valence-electron chi connectivity index (χ2n) is 4.28. The number of aromatic amines is 1. The Balaban J connectivity index is 2.25. The van der Waals surface area contributed by atoms with Gasteiger partial charge in [-0.1, -0.05) is 0 Å². The number of ether oxygens (including phenoxy) is 1. The molecule has 0 atom stereocenters. The van der Waals surface area contributed by atoms with Crippen molar-refractivity contribution in [3.8, 4) is 0 Å². The summed E-state index contributed by atoms with van der Waals surface area (Å²) in [5.74, 6) is 0.127. The van der Waals surface area contributed by atoms with E-state index in [9.17, 15) is 4.79 Å².